The van der Waals surface area contributed by atoms with Crippen LogP contribution in [0, 0.1) is 5.82 Å². The molecule has 8 nitrogen and oxygen atoms in total. The topological polar surface area (TPSA) is 83.5 Å². The van der Waals surface area contributed by atoms with Gasteiger partial charge >= 0.3 is 6.09 Å². The molecule has 2 saturated heterocycles. The lowest BCUT2D eigenvalue weighted by molar-refractivity contribution is -0.0562. The monoisotopic (exact) mass is 470 g/mol. The molecule has 0 atom stereocenters. The number of nitrogens with zero attached hydrogens (tertiary/aromatic N) is 5. The van der Waals surface area contributed by atoms with Crippen LogP contribution < -0.4 is 10.2 Å². The van der Waals surface area contributed by atoms with Gasteiger partial charge in [-0.1, -0.05) is 17.7 Å². The minimum Gasteiger partial charge on any atom is -0.444 e. The van der Waals surface area contributed by atoms with Crippen LogP contribution in [-0.4, -0.2) is 56.7 Å². The zero-order valence-corrected chi connectivity index (χ0v) is 19.4. The summed E-state index contributed by atoms with van der Waals surface area (Å²) in [6, 6.07) is 8.47. The number of ether oxygens (including phenoxy) is 1. The molecule has 5 rings (SSSR count). The van der Waals surface area contributed by atoms with Gasteiger partial charge in [-0.05, 0) is 51.5 Å². The van der Waals surface area contributed by atoms with Crippen molar-refractivity contribution in [1.82, 2.24) is 19.9 Å². The number of carbonyl (C=O) groups excluding carboxylic acids is 1. The summed E-state index contributed by atoms with van der Waals surface area (Å²) < 4.78 is 19.9. The molecular weight excluding hydrogens is 447 g/mol. The molecule has 10 heteroatoms. The van der Waals surface area contributed by atoms with E-state index in [2.05, 4.69) is 20.2 Å². The number of amides is 1. The molecule has 172 valence electrons. The molecule has 1 amide bonds. The Morgan fingerprint density at radius 1 is 1.21 bits per heavy atom. The summed E-state index contributed by atoms with van der Waals surface area (Å²) >= 11 is 5.90. The van der Waals surface area contributed by atoms with E-state index in [-0.39, 0.29) is 22.3 Å². The number of carbonyl (C=O) groups is 1. The fraction of sp³-hybridized carbons (Fsp3) is 0.391. The molecule has 1 aromatic carbocycles. The lowest BCUT2D eigenvalue weighted by Gasteiger charge is -2.62. The normalized spacial score (nSPS) is 17.0. The Bertz CT molecular complexity index is 1240. The van der Waals surface area contributed by atoms with Crippen LogP contribution in [-0.2, 0) is 4.74 Å². The van der Waals surface area contributed by atoms with Gasteiger partial charge < -0.3 is 15.0 Å². The summed E-state index contributed by atoms with van der Waals surface area (Å²) in [5.74, 6) is 0.574. The first-order valence-electron chi connectivity index (χ1n) is 10.7. The first kappa shape index (κ1) is 21.6. The number of hydrogen-bond donors (Lipinski definition) is 1. The summed E-state index contributed by atoms with van der Waals surface area (Å²) in [4.78, 5) is 29.7. The number of anilines is 3. The summed E-state index contributed by atoms with van der Waals surface area (Å²) in [5, 5.41) is 3.00. The number of pyridine rings is 1. The number of benzene rings is 1. The van der Waals surface area contributed by atoms with E-state index in [0.29, 0.717) is 36.5 Å². The second-order valence-corrected chi connectivity index (χ2v) is 9.86. The molecule has 0 saturated carbocycles. The highest BCUT2D eigenvalue weighted by molar-refractivity contribution is 6.31. The molecule has 3 aromatic rings. The lowest BCUT2D eigenvalue weighted by atomic mass is 9.78. The predicted octanol–water partition coefficient (Wildman–Crippen LogP) is 4.76. The van der Waals surface area contributed by atoms with E-state index in [1.165, 1.54) is 12.4 Å². The highest BCUT2D eigenvalue weighted by Crippen LogP contribution is 2.42. The molecular formula is C23H24ClFN6O2. The third kappa shape index (κ3) is 3.90. The van der Waals surface area contributed by atoms with Gasteiger partial charge in [0.25, 0.3) is 0 Å². The fourth-order valence-corrected chi connectivity index (χ4v) is 4.40. The van der Waals surface area contributed by atoms with Crippen LogP contribution in [0.25, 0.3) is 11.0 Å². The van der Waals surface area contributed by atoms with E-state index >= 15 is 0 Å². The standard InChI is InChI=1S/C23H24ClFN6O2/c1-22(2,3)33-21(32)31-10-9-23(31)11-30(12-23)17-8-7-16-19(29-17)20(27-13-26-16)28-15-6-4-5-14(24)18(15)25/h4-8,13H,9-12H2,1-3H3,(H,26,27,28). The van der Waals surface area contributed by atoms with Gasteiger partial charge in [-0.15, -0.1) is 0 Å². The van der Waals surface area contributed by atoms with Crippen molar-refractivity contribution < 1.29 is 13.9 Å². The van der Waals surface area contributed by atoms with Crippen molar-refractivity contribution in [1.29, 1.82) is 0 Å². The highest BCUT2D eigenvalue weighted by Gasteiger charge is 2.56. The van der Waals surface area contributed by atoms with Gasteiger partial charge in [0.2, 0.25) is 0 Å². The quantitative estimate of drug-likeness (QED) is 0.590. The van der Waals surface area contributed by atoms with Gasteiger partial charge in [0, 0.05) is 19.6 Å². The van der Waals surface area contributed by atoms with Gasteiger partial charge in [0.15, 0.2) is 11.6 Å². The van der Waals surface area contributed by atoms with Crippen LogP contribution in [0.3, 0.4) is 0 Å². The molecule has 2 fully saturated rings. The zero-order valence-electron chi connectivity index (χ0n) is 18.6. The van der Waals surface area contributed by atoms with Gasteiger partial charge in [-0.3, -0.25) is 4.90 Å². The van der Waals surface area contributed by atoms with Crippen LogP contribution in [0.2, 0.25) is 5.02 Å². The number of likely N-dealkylation sites (tertiary alicyclic amines) is 1. The second kappa shape index (κ2) is 7.69. The largest absolute Gasteiger partial charge is 0.444 e. The van der Waals surface area contributed by atoms with Crippen molar-refractivity contribution in [2.45, 2.75) is 38.3 Å². The summed E-state index contributed by atoms with van der Waals surface area (Å²) in [5.41, 5.74) is 0.626. The lowest BCUT2D eigenvalue weighted by Crippen LogP contribution is -2.78. The van der Waals surface area contributed by atoms with Crippen LogP contribution >= 0.6 is 11.6 Å². The predicted molar refractivity (Wildman–Crippen MR) is 125 cm³/mol. The molecule has 1 spiro atoms. The second-order valence-electron chi connectivity index (χ2n) is 9.45. The highest BCUT2D eigenvalue weighted by atomic mass is 35.5. The van der Waals surface area contributed by atoms with Gasteiger partial charge in [-0.25, -0.2) is 24.1 Å². The Kier molecular flexibility index (Phi) is 5.04. The Morgan fingerprint density at radius 3 is 2.70 bits per heavy atom. The van der Waals surface area contributed by atoms with Crippen LogP contribution in [0.5, 0.6) is 0 Å². The van der Waals surface area contributed by atoms with Crippen LogP contribution in [0.4, 0.5) is 26.5 Å². The number of halogens is 2. The van der Waals surface area contributed by atoms with Crippen molar-refractivity contribution >= 4 is 46.1 Å². The molecule has 0 aliphatic carbocycles. The van der Waals surface area contributed by atoms with E-state index in [9.17, 15) is 9.18 Å². The van der Waals surface area contributed by atoms with E-state index in [1.54, 1.807) is 12.1 Å². The number of nitrogens with one attached hydrogen (secondary N) is 1. The fourth-order valence-electron chi connectivity index (χ4n) is 4.22. The molecule has 2 aliphatic rings. The van der Waals surface area contributed by atoms with Gasteiger partial charge in [0.1, 0.15) is 23.3 Å². The first-order chi connectivity index (χ1) is 15.7. The van der Waals surface area contributed by atoms with E-state index in [0.717, 1.165) is 12.2 Å². The van der Waals surface area contributed by atoms with Crippen molar-refractivity contribution in [3.63, 3.8) is 0 Å². The molecule has 4 heterocycles. The molecule has 2 aliphatic heterocycles. The maximum absolute atomic E-state index is 14.4. The number of aromatic nitrogens is 3. The minimum atomic E-state index is -0.556. The number of fused-ring (bicyclic) bond motifs is 1. The summed E-state index contributed by atoms with van der Waals surface area (Å²) in [7, 11) is 0. The van der Waals surface area contributed by atoms with E-state index < -0.39 is 11.4 Å². The average Bonchev–Trinajstić information content (AvgIpc) is 2.68. The first-order valence-corrected chi connectivity index (χ1v) is 11.1. The zero-order chi connectivity index (χ0) is 23.4. The third-order valence-electron chi connectivity index (χ3n) is 5.95. The molecule has 0 radical (unpaired) electrons. The van der Waals surface area contributed by atoms with Crippen molar-refractivity contribution in [2.75, 3.05) is 29.9 Å². The van der Waals surface area contributed by atoms with Gasteiger partial charge in [0.05, 0.1) is 21.8 Å². The van der Waals surface area contributed by atoms with Crippen LogP contribution in [0.1, 0.15) is 27.2 Å². The molecule has 33 heavy (non-hydrogen) atoms. The maximum Gasteiger partial charge on any atom is 0.410 e. The molecule has 1 N–H and O–H groups in total. The molecule has 2 aromatic heterocycles. The Labute approximate surface area is 195 Å². The van der Waals surface area contributed by atoms with Crippen molar-refractivity contribution in [2.24, 2.45) is 0 Å². The van der Waals surface area contributed by atoms with Crippen molar-refractivity contribution in [3.05, 3.63) is 47.5 Å². The van der Waals surface area contributed by atoms with Crippen molar-refractivity contribution in [3.8, 4) is 0 Å². The SMILES string of the molecule is CC(C)(C)OC(=O)N1CCC12CN(c1ccc3ncnc(Nc4cccc(Cl)c4F)c3n1)C2. The number of rotatable bonds is 3. The van der Waals surface area contributed by atoms with E-state index in [1.807, 2.05) is 37.8 Å². The maximum atomic E-state index is 14.4. The molecule has 0 bridgehead atoms. The smallest absolute Gasteiger partial charge is 0.410 e. The Balaban J connectivity index is 1.36. The Morgan fingerprint density at radius 2 is 2.00 bits per heavy atom. The average molecular weight is 471 g/mol. The number of hydrogen-bond acceptors (Lipinski definition) is 7. The summed E-state index contributed by atoms with van der Waals surface area (Å²) in [6.45, 7) is 7.64. The van der Waals surface area contributed by atoms with Gasteiger partial charge in [-0.2, -0.15) is 0 Å². The van der Waals surface area contributed by atoms with Crippen LogP contribution in [0.15, 0.2) is 36.7 Å². The van der Waals surface area contributed by atoms with E-state index in [4.69, 9.17) is 21.3 Å². The molecule has 0 unspecified atom stereocenters. The minimum absolute atomic E-state index is 0.0212. The third-order valence-corrected chi connectivity index (χ3v) is 6.25. The summed E-state index contributed by atoms with van der Waals surface area (Å²) in [6.07, 6.45) is 2.06. The Hall–Kier alpha value is -3.20.